The minimum atomic E-state index is -4.96. The molecule has 0 rings (SSSR count). The maximum absolute atomic E-state index is 10.8. The maximum atomic E-state index is 10.8. The molecule has 0 aromatic heterocycles. The molecule has 1 atom stereocenters. The Kier molecular flexibility index (Phi) is 5.80. The van der Waals surface area contributed by atoms with Crippen LogP contribution in [0.5, 0.6) is 0 Å². The Labute approximate surface area is 82.6 Å². The Bertz CT molecular complexity index is 297. The van der Waals surface area contributed by atoms with E-state index in [1.165, 1.54) is 0 Å². The molecule has 0 bridgehead atoms. The van der Waals surface area contributed by atoms with Gasteiger partial charge in [0.15, 0.2) is 0 Å². The van der Waals surface area contributed by atoms with Crippen molar-refractivity contribution in [2.45, 2.75) is 26.2 Å². The SMILES string of the molecule is CCCCCOP(=O)(O)OS(=O)(=O)O. The highest BCUT2D eigenvalue weighted by atomic mass is 32.3. The van der Waals surface area contributed by atoms with Gasteiger partial charge in [0.05, 0.1) is 6.61 Å². The summed E-state index contributed by atoms with van der Waals surface area (Å²) in [5.74, 6) is 0. The van der Waals surface area contributed by atoms with E-state index >= 15 is 0 Å². The van der Waals surface area contributed by atoms with Crippen molar-refractivity contribution in [3.8, 4) is 0 Å². The minimum Gasteiger partial charge on any atom is -0.302 e. The van der Waals surface area contributed by atoms with Crippen LogP contribution >= 0.6 is 7.82 Å². The number of rotatable bonds is 7. The molecule has 1 unspecified atom stereocenters. The molecular formula is C5H13O7PS. The Balaban J connectivity index is 3.91. The zero-order valence-electron chi connectivity index (χ0n) is 7.62. The average molecular weight is 248 g/mol. The molecule has 0 radical (unpaired) electrons. The van der Waals surface area contributed by atoms with Crippen LogP contribution in [0.2, 0.25) is 0 Å². The number of unbranched alkanes of at least 4 members (excludes halogenated alkanes) is 2. The third-order valence-electron chi connectivity index (χ3n) is 1.19. The first-order valence-electron chi connectivity index (χ1n) is 3.93. The van der Waals surface area contributed by atoms with Crippen molar-refractivity contribution in [2.75, 3.05) is 6.61 Å². The van der Waals surface area contributed by atoms with Crippen LogP contribution in [0.4, 0.5) is 0 Å². The lowest BCUT2D eigenvalue weighted by Crippen LogP contribution is -2.04. The van der Waals surface area contributed by atoms with E-state index in [1.54, 1.807) is 0 Å². The number of phosphoric acid groups is 1. The molecule has 7 nitrogen and oxygen atoms in total. The third-order valence-corrected chi connectivity index (χ3v) is 3.21. The van der Waals surface area contributed by atoms with E-state index in [2.05, 4.69) is 8.49 Å². The summed E-state index contributed by atoms with van der Waals surface area (Å²) in [5.41, 5.74) is 0. The Morgan fingerprint density at radius 2 is 1.93 bits per heavy atom. The van der Waals surface area contributed by atoms with Gasteiger partial charge < -0.3 is 4.89 Å². The highest BCUT2D eigenvalue weighted by Gasteiger charge is 2.28. The van der Waals surface area contributed by atoms with E-state index in [1.807, 2.05) is 6.92 Å². The molecule has 0 aliphatic rings. The number of hydrogen-bond acceptors (Lipinski definition) is 5. The van der Waals surface area contributed by atoms with E-state index in [4.69, 9.17) is 9.45 Å². The van der Waals surface area contributed by atoms with Gasteiger partial charge in [-0.2, -0.15) is 8.42 Å². The van der Waals surface area contributed by atoms with E-state index in [9.17, 15) is 13.0 Å². The Hall–Kier alpha value is 0.0200. The van der Waals surface area contributed by atoms with Crippen molar-refractivity contribution >= 4 is 18.2 Å². The summed E-state index contributed by atoms with van der Waals surface area (Å²) in [4.78, 5) is 8.72. The van der Waals surface area contributed by atoms with Crippen molar-refractivity contribution in [1.29, 1.82) is 0 Å². The molecule has 0 fully saturated rings. The average Bonchev–Trinajstić information content (AvgIpc) is 1.93. The standard InChI is InChI=1S/C5H13O7PS/c1-2-3-4-5-11-13(6,7)12-14(8,9)10/h2-5H2,1H3,(H,6,7)(H,8,9,10). The first-order chi connectivity index (χ1) is 6.27. The van der Waals surface area contributed by atoms with Gasteiger partial charge in [0.25, 0.3) is 0 Å². The third kappa shape index (κ3) is 8.61. The van der Waals surface area contributed by atoms with Crippen molar-refractivity contribution < 1.29 is 30.9 Å². The van der Waals surface area contributed by atoms with Gasteiger partial charge in [0.1, 0.15) is 0 Å². The van der Waals surface area contributed by atoms with Gasteiger partial charge in [-0.1, -0.05) is 19.8 Å². The quantitative estimate of drug-likeness (QED) is 0.394. The number of hydrogen-bond donors (Lipinski definition) is 2. The maximum Gasteiger partial charge on any atom is 0.488 e. The van der Waals surface area contributed by atoms with Crippen LogP contribution in [-0.4, -0.2) is 24.5 Å². The van der Waals surface area contributed by atoms with Crippen LogP contribution in [0.25, 0.3) is 0 Å². The zero-order valence-corrected chi connectivity index (χ0v) is 9.33. The van der Waals surface area contributed by atoms with Gasteiger partial charge in [-0.15, -0.1) is 3.97 Å². The summed E-state index contributed by atoms with van der Waals surface area (Å²) >= 11 is 0. The summed E-state index contributed by atoms with van der Waals surface area (Å²) < 4.78 is 46.7. The fourth-order valence-electron chi connectivity index (χ4n) is 0.673. The molecule has 0 saturated carbocycles. The van der Waals surface area contributed by atoms with Crippen molar-refractivity contribution in [1.82, 2.24) is 0 Å². The van der Waals surface area contributed by atoms with Gasteiger partial charge in [-0.05, 0) is 6.42 Å². The second-order valence-electron chi connectivity index (χ2n) is 2.51. The van der Waals surface area contributed by atoms with E-state index < -0.39 is 18.2 Å². The fourth-order valence-corrected chi connectivity index (χ4v) is 2.16. The normalized spacial score (nSPS) is 16.5. The van der Waals surface area contributed by atoms with Crippen LogP contribution in [0.1, 0.15) is 26.2 Å². The molecule has 0 aromatic rings. The highest BCUT2D eigenvalue weighted by Crippen LogP contribution is 2.44. The first kappa shape index (κ1) is 14.0. The molecule has 0 spiro atoms. The summed E-state index contributed by atoms with van der Waals surface area (Å²) in [6.45, 7) is 1.82. The summed E-state index contributed by atoms with van der Waals surface area (Å²) in [6.07, 6.45) is 2.18. The van der Waals surface area contributed by atoms with E-state index in [-0.39, 0.29) is 6.61 Å². The Morgan fingerprint density at radius 3 is 2.36 bits per heavy atom. The molecule has 86 valence electrons. The van der Waals surface area contributed by atoms with Gasteiger partial charge in [0.2, 0.25) is 0 Å². The van der Waals surface area contributed by atoms with E-state index in [0.717, 1.165) is 12.8 Å². The molecule has 0 saturated heterocycles. The lowest BCUT2D eigenvalue weighted by Gasteiger charge is -2.08. The number of phosphoric ester groups is 1. The molecule has 9 heteroatoms. The van der Waals surface area contributed by atoms with Crippen LogP contribution in [0, 0.1) is 0 Å². The predicted molar refractivity (Wildman–Crippen MR) is 47.9 cm³/mol. The lowest BCUT2D eigenvalue weighted by molar-refractivity contribution is 0.195. The minimum absolute atomic E-state index is 0.100. The summed E-state index contributed by atoms with van der Waals surface area (Å²) in [7, 11) is -9.65. The van der Waals surface area contributed by atoms with Gasteiger partial charge >= 0.3 is 18.2 Å². The Morgan fingerprint density at radius 1 is 1.36 bits per heavy atom. The van der Waals surface area contributed by atoms with Crippen LogP contribution < -0.4 is 0 Å². The van der Waals surface area contributed by atoms with Gasteiger partial charge in [0, 0.05) is 0 Å². The molecule has 0 aromatic carbocycles. The summed E-state index contributed by atoms with van der Waals surface area (Å²) in [6, 6.07) is 0. The van der Waals surface area contributed by atoms with Crippen LogP contribution in [0.15, 0.2) is 0 Å². The molecule has 0 aliphatic heterocycles. The van der Waals surface area contributed by atoms with Gasteiger partial charge in [-0.25, -0.2) is 4.57 Å². The molecule has 14 heavy (non-hydrogen) atoms. The topological polar surface area (TPSA) is 110 Å². The smallest absolute Gasteiger partial charge is 0.302 e. The monoisotopic (exact) mass is 248 g/mol. The molecule has 0 amide bonds. The molecular weight excluding hydrogens is 235 g/mol. The molecule has 0 heterocycles. The second-order valence-corrected chi connectivity index (χ2v) is 5.16. The second kappa shape index (κ2) is 5.79. The van der Waals surface area contributed by atoms with Crippen LogP contribution in [-0.2, 0) is 23.5 Å². The van der Waals surface area contributed by atoms with Crippen molar-refractivity contribution in [2.24, 2.45) is 0 Å². The largest absolute Gasteiger partial charge is 0.488 e. The van der Waals surface area contributed by atoms with Gasteiger partial charge in [-0.3, -0.25) is 9.08 Å². The van der Waals surface area contributed by atoms with Crippen molar-refractivity contribution in [3.05, 3.63) is 0 Å². The molecule has 2 N–H and O–H groups in total. The van der Waals surface area contributed by atoms with Crippen molar-refractivity contribution in [3.63, 3.8) is 0 Å². The summed E-state index contributed by atoms with van der Waals surface area (Å²) in [5, 5.41) is 0. The highest BCUT2D eigenvalue weighted by molar-refractivity contribution is 7.85. The fraction of sp³-hybridized carbons (Fsp3) is 1.00. The van der Waals surface area contributed by atoms with Crippen LogP contribution in [0.3, 0.4) is 0 Å². The lowest BCUT2D eigenvalue weighted by atomic mass is 10.3. The first-order valence-corrected chi connectivity index (χ1v) is 6.79. The molecule has 0 aliphatic carbocycles. The zero-order chi connectivity index (χ0) is 11.2. The van der Waals surface area contributed by atoms with E-state index in [0.29, 0.717) is 6.42 Å². The predicted octanol–water partition coefficient (Wildman–Crippen LogP) is 1.11.